The van der Waals surface area contributed by atoms with Crippen LogP contribution < -0.4 is 10.9 Å². The minimum atomic E-state index is -0.333. The molecule has 0 aliphatic heterocycles. The molecular weight excluding hydrogens is 346 g/mol. The van der Waals surface area contributed by atoms with Crippen LogP contribution in [0.2, 0.25) is 5.02 Å². The van der Waals surface area contributed by atoms with Crippen LogP contribution in [-0.4, -0.2) is 45.5 Å². The van der Waals surface area contributed by atoms with Crippen LogP contribution in [0.3, 0.4) is 0 Å². The summed E-state index contributed by atoms with van der Waals surface area (Å²) in [4.78, 5) is 28.7. The molecule has 130 valence electrons. The number of carbonyl (C=O) groups excluding carboxylic acids is 1. The number of ether oxygens (including phenoxy) is 1. The number of benzene rings is 1. The van der Waals surface area contributed by atoms with E-state index in [4.69, 9.17) is 16.3 Å². The Kier molecular flexibility index (Phi) is 5.11. The van der Waals surface area contributed by atoms with Crippen molar-refractivity contribution in [3.8, 4) is 5.69 Å². The molecule has 2 heterocycles. The van der Waals surface area contributed by atoms with Crippen molar-refractivity contribution >= 4 is 28.5 Å². The third kappa shape index (κ3) is 3.70. The first kappa shape index (κ1) is 17.1. The van der Waals surface area contributed by atoms with Gasteiger partial charge in [0.1, 0.15) is 18.3 Å². The van der Waals surface area contributed by atoms with Crippen molar-refractivity contribution in [1.29, 1.82) is 0 Å². The number of hydrogen-bond donors (Lipinski definition) is 1. The van der Waals surface area contributed by atoms with Gasteiger partial charge < -0.3 is 10.1 Å². The normalized spacial score (nSPS) is 11.0. The smallest absolute Gasteiger partial charge is 0.264 e. The molecule has 1 amide bonds. The molecule has 0 saturated heterocycles. The topological polar surface area (TPSA) is 91.0 Å². The van der Waals surface area contributed by atoms with E-state index in [0.717, 1.165) is 0 Å². The summed E-state index contributed by atoms with van der Waals surface area (Å²) in [6.07, 6.45) is 2.77. The summed E-state index contributed by atoms with van der Waals surface area (Å²) in [7, 11) is 1.55. The molecule has 0 atom stereocenters. The maximum absolute atomic E-state index is 12.5. The Hall–Kier alpha value is -2.71. The summed E-state index contributed by atoms with van der Waals surface area (Å²) in [5, 5.41) is 7.75. The predicted molar refractivity (Wildman–Crippen MR) is 93.0 cm³/mol. The maximum Gasteiger partial charge on any atom is 0.264 e. The standard InChI is InChI=1S/C16H16ClN5O3/c1-25-6-5-18-14(23)9-21-10-19-15-13(16(21)24)8-20-22(15)12-4-2-3-11(17)7-12/h2-4,7-8,10H,5-6,9H2,1H3,(H,18,23). The van der Waals surface area contributed by atoms with Gasteiger partial charge in [0.2, 0.25) is 5.91 Å². The van der Waals surface area contributed by atoms with Gasteiger partial charge in [-0.3, -0.25) is 14.2 Å². The van der Waals surface area contributed by atoms with Crippen LogP contribution >= 0.6 is 11.6 Å². The maximum atomic E-state index is 12.5. The molecule has 1 aromatic carbocycles. The van der Waals surface area contributed by atoms with E-state index >= 15 is 0 Å². The van der Waals surface area contributed by atoms with E-state index in [-0.39, 0.29) is 18.0 Å². The zero-order valence-corrected chi connectivity index (χ0v) is 14.2. The summed E-state index contributed by atoms with van der Waals surface area (Å²) < 4.78 is 7.64. The number of amides is 1. The lowest BCUT2D eigenvalue weighted by Crippen LogP contribution is -2.34. The molecule has 0 spiro atoms. The van der Waals surface area contributed by atoms with E-state index in [9.17, 15) is 9.59 Å². The number of aromatic nitrogens is 4. The third-order valence-corrected chi connectivity index (χ3v) is 3.78. The zero-order chi connectivity index (χ0) is 17.8. The monoisotopic (exact) mass is 361 g/mol. The molecule has 25 heavy (non-hydrogen) atoms. The molecule has 3 rings (SSSR count). The SMILES string of the molecule is COCCNC(=O)Cn1cnc2c(cnn2-c2cccc(Cl)c2)c1=O. The van der Waals surface area contributed by atoms with Gasteiger partial charge in [-0.05, 0) is 18.2 Å². The van der Waals surface area contributed by atoms with Crippen molar-refractivity contribution in [2.24, 2.45) is 0 Å². The van der Waals surface area contributed by atoms with Gasteiger partial charge in [0.15, 0.2) is 5.65 Å². The molecule has 1 N–H and O–H groups in total. The first-order valence-corrected chi connectivity index (χ1v) is 7.92. The fraction of sp³-hybridized carbons (Fsp3) is 0.250. The average Bonchev–Trinajstić information content (AvgIpc) is 3.02. The van der Waals surface area contributed by atoms with Crippen LogP contribution in [0.25, 0.3) is 16.7 Å². The van der Waals surface area contributed by atoms with Crippen molar-refractivity contribution in [3.63, 3.8) is 0 Å². The zero-order valence-electron chi connectivity index (χ0n) is 13.5. The molecule has 0 unspecified atom stereocenters. The summed E-state index contributed by atoms with van der Waals surface area (Å²) in [6, 6.07) is 7.08. The summed E-state index contributed by atoms with van der Waals surface area (Å²) in [5.74, 6) is -0.289. The number of rotatable bonds is 6. The fourth-order valence-corrected chi connectivity index (χ4v) is 2.55. The Bertz CT molecular complexity index is 966. The van der Waals surface area contributed by atoms with Gasteiger partial charge >= 0.3 is 0 Å². The van der Waals surface area contributed by atoms with E-state index in [1.165, 1.54) is 21.8 Å². The quantitative estimate of drug-likeness (QED) is 0.661. The highest BCUT2D eigenvalue weighted by Gasteiger charge is 2.13. The highest BCUT2D eigenvalue weighted by Crippen LogP contribution is 2.17. The molecule has 0 fully saturated rings. The van der Waals surface area contributed by atoms with Crippen LogP contribution in [-0.2, 0) is 16.1 Å². The van der Waals surface area contributed by atoms with Crippen LogP contribution in [0.4, 0.5) is 0 Å². The number of nitrogens with one attached hydrogen (secondary N) is 1. The van der Waals surface area contributed by atoms with Gasteiger partial charge in [-0.1, -0.05) is 17.7 Å². The number of carbonyl (C=O) groups is 1. The molecule has 0 saturated carbocycles. The molecular formula is C16H16ClN5O3. The minimum absolute atomic E-state index is 0.117. The van der Waals surface area contributed by atoms with Crippen LogP contribution in [0.15, 0.2) is 41.6 Å². The summed E-state index contributed by atoms with van der Waals surface area (Å²) in [5.41, 5.74) is 0.771. The van der Waals surface area contributed by atoms with Gasteiger partial charge in [0.05, 0.1) is 18.5 Å². The third-order valence-electron chi connectivity index (χ3n) is 3.55. The second-order valence-corrected chi connectivity index (χ2v) is 5.73. The molecule has 2 aromatic heterocycles. The molecule has 8 nitrogen and oxygen atoms in total. The summed E-state index contributed by atoms with van der Waals surface area (Å²) in [6.45, 7) is 0.671. The van der Waals surface area contributed by atoms with Gasteiger partial charge in [-0.25, -0.2) is 9.67 Å². The van der Waals surface area contributed by atoms with E-state index in [0.29, 0.717) is 34.9 Å². The lowest BCUT2D eigenvalue weighted by molar-refractivity contribution is -0.121. The number of halogens is 1. The van der Waals surface area contributed by atoms with E-state index in [1.54, 1.807) is 25.3 Å². The van der Waals surface area contributed by atoms with Gasteiger partial charge in [-0.2, -0.15) is 5.10 Å². The molecule has 0 aliphatic rings. The predicted octanol–water partition coefficient (Wildman–Crippen LogP) is 0.998. The first-order valence-electron chi connectivity index (χ1n) is 7.55. The Balaban J connectivity index is 1.89. The highest BCUT2D eigenvalue weighted by atomic mass is 35.5. The Morgan fingerprint density at radius 3 is 3.00 bits per heavy atom. The van der Waals surface area contributed by atoms with E-state index in [1.807, 2.05) is 6.07 Å². The van der Waals surface area contributed by atoms with Gasteiger partial charge in [0, 0.05) is 18.7 Å². The first-order chi connectivity index (χ1) is 12.1. The Labute approximate surface area is 148 Å². The molecule has 9 heteroatoms. The van der Waals surface area contributed by atoms with E-state index < -0.39 is 0 Å². The van der Waals surface area contributed by atoms with Gasteiger partial charge in [0.25, 0.3) is 5.56 Å². The van der Waals surface area contributed by atoms with Crippen molar-refractivity contribution in [2.75, 3.05) is 20.3 Å². The largest absolute Gasteiger partial charge is 0.383 e. The van der Waals surface area contributed by atoms with Crippen molar-refractivity contribution in [1.82, 2.24) is 24.6 Å². The number of methoxy groups -OCH3 is 1. The molecule has 0 aliphatic carbocycles. The Morgan fingerprint density at radius 2 is 2.24 bits per heavy atom. The van der Waals surface area contributed by atoms with Crippen LogP contribution in [0.1, 0.15) is 0 Å². The number of hydrogen-bond acceptors (Lipinski definition) is 5. The lowest BCUT2D eigenvalue weighted by Gasteiger charge is -2.07. The fourth-order valence-electron chi connectivity index (χ4n) is 2.36. The van der Waals surface area contributed by atoms with Crippen LogP contribution in [0.5, 0.6) is 0 Å². The van der Waals surface area contributed by atoms with Crippen molar-refractivity contribution in [2.45, 2.75) is 6.54 Å². The Morgan fingerprint density at radius 1 is 1.40 bits per heavy atom. The summed E-state index contributed by atoms with van der Waals surface area (Å²) >= 11 is 6.00. The van der Waals surface area contributed by atoms with Gasteiger partial charge in [-0.15, -0.1) is 0 Å². The molecule has 3 aromatic rings. The highest BCUT2D eigenvalue weighted by molar-refractivity contribution is 6.30. The van der Waals surface area contributed by atoms with Crippen molar-refractivity contribution in [3.05, 3.63) is 52.2 Å². The second kappa shape index (κ2) is 7.45. The molecule has 0 bridgehead atoms. The second-order valence-electron chi connectivity index (χ2n) is 5.29. The average molecular weight is 362 g/mol. The minimum Gasteiger partial charge on any atom is -0.383 e. The van der Waals surface area contributed by atoms with Crippen LogP contribution in [0, 0.1) is 0 Å². The number of fused-ring (bicyclic) bond motifs is 1. The lowest BCUT2D eigenvalue weighted by atomic mass is 10.3. The number of nitrogens with zero attached hydrogens (tertiary/aromatic N) is 4. The molecule has 0 radical (unpaired) electrons. The van der Waals surface area contributed by atoms with E-state index in [2.05, 4.69) is 15.4 Å². The van der Waals surface area contributed by atoms with Crippen molar-refractivity contribution < 1.29 is 9.53 Å².